The van der Waals surface area contributed by atoms with E-state index in [1.807, 2.05) is 0 Å². The minimum atomic E-state index is 0.417. The number of hydrogen-bond donors (Lipinski definition) is 2. The maximum absolute atomic E-state index is 5.61. The summed E-state index contributed by atoms with van der Waals surface area (Å²) < 4.78 is 5.27. The first-order valence-electron chi connectivity index (χ1n) is 6.25. The zero-order valence-corrected chi connectivity index (χ0v) is 11.3. The molecule has 1 atom stereocenters. The second kappa shape index (κ2) is 6.55. The van der Waals surface area contributed by atoms with E-state index >= 15 is 0 Å². The predicted octanol–water partition coefficient (Wildman–Crippen LogP) is 1.41. The topological polar surface area (TPSA) is 50.5 Å². The molecular formula is C13H25N3O. The Morgan fingerprint density at radius 2 is 2.35 bits per heavy atom. The van der Waals surface area contributed by atoms with Crippen LogP contribution in [0.3, 0.4) is 0 Å². The second-order valence-corrected chi connectivity index (χ2v) is 4.52. The normalized spacial score (nSPS) is 17.4. The van der Waals surface area contributed by atoms with Crippen LogP contribution in [-0.2, 0) is 4.74 Å². The third-order valence-corrected chi connectivity index (χ3v) is 3.36. The highest BCUT2D eigenvalue weighted by molar-refractivity contribution is 5.29. The van der Waals surface area contributed by atoms with Crippen molar-refractivity contribution in [2.24, 2.45) is 5.73 Å². The summed E-state index contributed by atoms with van der Waals surface area (Å²) >= 11 is 0. The van der Waals surface area contributed by atoms with Crippen LogP contribution in [0.5, 0.6) is 0 Å². The van der Waals surface area contributed by atoms with E-state index < -0.39 is 0 Å². The van der Waals surface area contributed by atoms with Gasteiger partial charge >= 0.3 is 0 Å². The Kier molecular flexibility index (Phi) is 5.35. The largest absolute Gasteiger partial charge is 0.497 e. The average Bonchev–Trinajstić information content (AvgIpc) is 2.37. The molecule has 3 N–H and O–H groups in total. The van der Waals surface area contributed by atoms with Crippen molar-refractivity contribution in [1.82, 2.24) is 10.2 Å². The van der Waals surface area contributed by atoms with E-state index in [2.05, 4.69) is 30.8 Å². The molecule has 0 bridgehead atoms. The first-order valence-corrected chi connectivity index (χ1v) is 6.25. The zero-order chi connectivity index (χ0) is 12.8. The molecule has 1 unspecified atom stereocenters. The Hall–Kier alpha value is -1.16. The van der Waals surface area contributed by atoms with Crippen LogP contribution in [0, 0.1) is 0 Å². The van der Waals surface area contributed by atoms with E-state index in [4.69, 9.17) is 10.5 Å². The minimum absolute atomic E-state index is 0.417. The maximum atomic E-state index is 5.61. The van der Waals surface area contributed by atoms with E-state index in [9.17, 15) is 0 Å². The van der Waals surface area contributed by atoms with Crippen molar-refractivity contribution in [3.05, 3.63) is 23.7 Å². The Bertz CT molecular complexity index is 299. The van der Waals surface area contributed by atoms with Crippen LogP contribution in [0.15, 0.2) is 23.7 Å². The van der Waals surface area contributed by atoms with E-state index in [-0.39, 0.29) is 0 Å². The van der Waals surface area contributed by atoms with Gasteiger partial charge in [0.05, 0.1) is 7.11 Å². The molecule has 1 rings (SSSR count). The van der Waals surface area contributed by atoms with Crippen LogP contribution in [0.2, 0.25) is 0 Å². The molecule has 1 aliphatic rings. The van der Waals surface area contributed by atoms with Crippen molar-refractivity contribution < 1.29 is 4.74 Å². The van der Waals surface area contributed by atoms with E-state index in [0.29, 0.717) is 12.6 Å². The number of nitrogens with two attached hydrogens (primary N) is 1. The van der Waals surface area contributed by atoms with Gasteiger partial charge in [-0.1, -0.05) is 6.58 Å². The molecule has 1 aliphatic heterocycles. The highest BCUT2D eigenvalue weighted by Crippen LogP contribution is 2.24. The lowest BCUT2D eigenvalue weighted by molar-refractivity contribution is 0.261. The van der Waals surface area contributed by atoms with Crippen molar-refractivity contribution in [3.63, 3.8) is 0 Å². The van der Waals surface area contributed by atoms with Crippen LogP contribution in [0.25, 0.3) is 0 Å². The highest BCUT2D eigenvalue weighted by Gasteiger charge is 2.21. The SMILES string of the molecule is C=C(OC)C1=C(N(C)C(C)CCN)NCCC1. The molecule has 17 heavy (non-hydrogen) atoms. The van der Waals surface area contributed by atoms with Gasteiger partial charge in [0.15, 0.2) is 0 Å². The van der Waals surface area contributed by atoms with Crippen molar-refractivity contribution in [2.45, 2.75) is 32.2 Å². The Morgan fingerprint density at radius 1 is 1.65 bits per heavy atom. The maximum Gasteiger partial charge on any atom is 0.118 e. The molecule has 0 aliphatic carbocycles. The number of rotatable bonds is 6. The van der Waals surface area contributed by atoms with Gasteiger partial charge in [-0.05, 0) is 32.7 Å². The van der Waals surface area contributed by atoms with E-state index in [1.165, 1.54) is 5.57 Å². The van der Waals surface area contributed by atoms with Gasteiger partial charge in [-0.15, -0.1) is 0 Å². The average molecular weight is 239 g/mol. The summed E-state index contributed by atoms with van der Waals surface area (Å²) in [6, 6.07) is 0.417. The molecular weight excluding hydrogens is 214 g/mol. The van der Waals surface area contributed by atoms with Crippen molar-refractivity contribution in [2.75, 3.05) is 27.2 Å². The van der Waals surface area contributed by atoms with Gasteiger partial charge in [0.1, 0.15) is 11.6 Å². The molecule has 0 aromatic carbocycles. The van der Waals surface area contributed by atoms with Gasteiger partial charge in [-0.2, -0.15) is 0 Å². The number of hydrogen-bond acceptors (Lipinski definition) is 4. The minimum Gasteiger partial charge on any atom is -0.497 e. The zero-order valence-electron chi connectivity index (χ0n) is 11.3. The standard InChI is InChI=1S/C13H25N3O/c1-10(7-8-14)16(3)13-12(11(2)17-4)6-5-9-15-13/h10,15H,2,5-9,14H2,1,3-4H3. The molecule has 0 amide bonds. The number of allylic oxidation sites excluding steroid dienone is 1. The van der Waals surface area contributed by atoms with Crippen molar-refractivity contribution in [3.8, 4) is 0 Å². The summed E-state index contributed by atoms with van der Waals surface area (Å²) in [6.45, 7) is 7.86. The summed E-state index contributed by atoms with van der Waals surface area (Å²) in [4.78, 5) is 2.24. The summed E-state index contributed by atoms with van der Waals surface area (Å²) in [6.07, 6.45) is 3.13. The summed E-state index contributed by atoms with van der Waals surface area (Å²) in [5.41, 5.74) is 6.80. The fourth-order valence-electron chi connectivity index (χ4n) is 2.08. The van der Waals surface area contributed by atoms with Gasteiger partial charge in [0.2, 0.25) is 0 Å². The number of methoxy groups -OCH3 is 1. The molecule has 4 heteroatoms. The van der Waals surface area contributed by atoms with Gasteiger partial charge < -0.3 is 20.7 Å². The molecule has 0 fully saturated rings. The highest BCUT2D eigenvalue weighted by atomic mass is 16.5. The Morgan fingerprint density at radius 3 is 2.94 bits per heavy atom. The summed E-state index contributed by atoms with van der Waals surface area (Å²) in [5, 5.41) is 3.45. The van der Waals surface area contributed by atoms with Gasteiger partial charge in [0, 0.05) is 25.2 Å². The third-order valence-electron chi connectivity index (χ3n) is 3.36. The van der Waals surface area contributed by atoms with Crippen molar-refractivity contribution in [1.29, 1.82) is 0 Å². The van der Waals surface area contributed by atoms with Gasteiger partial charge in [-0.25, -0.2) is 0 Å². The predicted molar refractivity (Wildman–Crippen MR) is 71.3 cm³/mol. The molecule has 0 aromatic rings. The van der Waals surface area contributed by atoms with Crippen molar-refractivity contribution >= 4 is 0 Å². The second-order valence-electron chi connectivity index (χ2n) is 4.52. The number of ether oxygens (including phenoxy) is 1. The lowest BCUT2D eigenvalue weighted by Crippen LogP contribution is -2.39. The van der Waals surface area contributed by atoms with Crippen LogP contribution >= 0.6 is 0 Å². The van der Waals surface area contributed by atoms with Crippen LogP contribution < -0.4 is 11.1 Å². The number of nitrogens with one attached hydrogen (secondary N) is 1. The first kappa shape index (κ1) is 13.9. The molecule has 0 radical (unpaired) electrons. The smallest absolute Gasteiger partial charge is 0.118 e. The molecule has 0 aromatic heterocycles. The first-order chi connectivity index (χ1) is 8.11. The lowest BCUT2D eigenvalue weighted by atomic mass is 10.0. The van der Waals surface area contributed by atoms with Gasteiger partial charge in [-0.3, -0.25) is 0 Å². The van der Waals surface area contributed by atoms with Crippen LogP contribution in [0.4, 0.5) is 0 Å². The molecule has 1 heterocycles. The number of nitrogens with zero attached hydrogens (tertiary/aromatic N) is 1. The van der Waals surface area contributed by atoms with Crippen LogP contribution in [-0.4, -0.2) is 38.2 Å². The lowest BCUT2D eigenvalue weighted by Gasteiger charge is -2.34. The monoisotopic (exact) mass is 239 g/mol. The fraction of sp³-hybridized carbons (Fsp3) is 0.692. The summed E-state index contributed by atoms with van der Waals surface area (Å²) in [7, 11) is 3.77. The quantitative estimate of drug-likeness (QED) is 0.688. The van der Waals surface area contributed by atoms with Gasteiger partial charge in [0.25, 0.3) is 0 Å². The molecule has 4 nitrogen and oxygen atoms in total. The Labute approximate surface area is 104 Å². The molecule has 0 saturated heterocycles. The molecule has 0 saturated carbocycles. The summed E-state index contributed by atoms with van der Waals surface area (Å²) in [5.74, 6) is 1.91. The third kappa shape index (κ3) is 3.40. The Balaban J connectivity index is 2.88. The van der Waals surface area contributed by atoms with Crippen LogP contribution in [0.1, 0.15) is 26.2 Å². The van der Waals surface area contributed by atoms with E-state index in [1.54, 1.807) is 7.11 Å². The fourth-order valence-corrected chi connectivity index (χ4v) is 2.08. The molecule has 0 spiro atoms. The molecule has 98 valence electrons. The van der Waals surface area contributed by atoms with E-state index in [0.717, 1.165) is 37.4 Å².